The predicted molar refractivity (Wildman–Crippen MR) is 82.3 cm³/mol. The molecule has 0 aliphatic carbocycles. The molecule has 0 fully saturated rings. The normalized spacial score (nSPS) is 15.3. The van der Waals surface area contributed by atoms with Crippen molar-refractivity contribution in [2.24, 2.45) is 0 Å². The fourth-order valence-corrected chi connectivity index (χ4v) is 2.67. The van der Waals surface area contributed by atoms with Gasteiger partial charge in [-0.1, -0.05) is 0 Å². The van der Waals surface area contributed by atoms with Crippen molar-refractivity contribution in [1.82, 2.24) is 24.9 Å². The summed E-state index contributed by atoms with van der Waals surface area (Å²) < 4.78 is 1.69. The molecule has 0 saturated carbocycles. The van der Waals surface area contributed by atoms with Gasteiger partial charge in [0.05, 0.1) is 5.69 Å². The van der Waals surface area contributed by atoms with Gasteiger partial charge >= 0.3 is 0 Å². The van der Waals surface area contributed by atoms with E-state index in [2.05, 4.69) is 20.6 Å². The third-order valence-electron chi connectivity index (χ3n) is 3.89. The molecule has 3 rings (SSSR count). The Labute approximate surface area is 129 Å². The number of hydrogen-bond acceptors (Lipinski definition) is 5. The van der Waals surface area contributed by atoms with E-state index in [0.29, 0.717) is 13.1 Å². The van der Waals surface area contributed by atoms with E-state index < -0.39 is 0 Å². The van der Waals surface area contributed by atoms with Crippen LogP contribution in [0.1, 0.15) is 31.1 Å². The van der Waals surface area contributed by atoms with Gasteiger partial charge in [-0.25, -0.2) is 0 Å². The predicted octanol–water partition coefficient (Wildman–Crippen LogP) is 1.25. The molecule has 0 aromatic carbocycles. The van der Waals surface area contributed by atoms with E-state index in [0.717, 1.165) is 30.0 Å². The lowest BCUT2D eigenvalue weighted by Gasteiger charge is -2.30. The fourth-order valence-electron chi connectivity index (χ4n) is 2.67. The summed E-state index contributed by atoms with van der Waals surface area (Å²) in [5.74, 6) is 0.840. The zero-order valence-electron chi connectivity index (χ0n) is 12.9. The average Bonchev–Trinajstić information content (AvgIpc) is 3.07. The lowest BCUT2D eigenvalue weighted by atomic mass is 10.1. The highest BCUT2D eigenvalue weighted by atomic mass is 16.2. The van der Waals surface area contributed by atoms with Gasteiger partial charge in [0.25, 0.3) is 0 Å². The van der Waals surface area contributed by atoms with Crippen molar-refractivity contribution in [2.45, 2.75) is 32.9 Å². The van der Waals surface area contributed by atoms with Gasteiger partial charge in [-0.05, 0) is 31.5 Å². The minimum atomic E-state index is -0.292. The first-order valence-electron chi connectivity index (χ1n) is 7.56. The van der Waals surface area contributed by atoms with Gasteiger partial charge in [-0.15, -0.1) is 5.10 Å². The number of carbonyl (C=O) groups is 1. The largest absolute Gasteiger partial charge is 0.369 e. The summed E-state index contributed by atoms with van der Waals surface area (Å²) in [5, 5.41) is 15.7. The standard InChI is InChI=1S/C15H20N6O/c1-3-16-14-9-12-10-20(8-5-13(12)18-19-14)15(22)11(2)21-7-4-6-17-21/h4,6-7,9,11H,3,5,8,10H2,1-2H3,(H,16,19). The average molecular weight is 300 g/mol. The Bertz CT molecular complexity index is 654. The second-order valence-corrected chi connectivity index (χ2v) is 5.40. The number of nitrogens with one attached hydrogen (secondary N) is 1. The lowest BCUT2D eigenvalue weighted by Crippen LogP contribution is -2.40. The van der Waals surface area contributed by atoms with E-state index in [4.69, 9.17) is 0 Å². The van der Waals surface area contributed by atoms with Crippen LogP contribution in [-0.2, 0) is 17.8 Å². The van der Waals surface area contributed by atoms with Gasteiger partial charge in [0.15, 0.2) is 0 Å². The number of carbonyl (C=O) groups excluding carboxylic acids is 1. The lowest BCUT2D eigenvalue weighted by molar-refractivity contribution is -0.135. The van der Waals surface area contributed by atoms with E-state index in [-0.39, 0.29) is 11.9 Å². The van der Waals surface area contributed by atoms with Crippen LogP contribution < -0.4 is 5.32 Å². The van der Waals surface area contributed by atoms with Crippen LogP contribution in [0.5, 0.6) is 0 Å². The Balaban J connectivity index is 1.75. The van der Waals surface area contributed by atoms with Crippen LogP contribution in [-0.4, -0.2) is 43.9 Å². The van der Waals surface area contributed by atoms with Gasteiger partial charge < -0.3 is 10.2 Å². The Morgan fingerprint density at radius 1 is 1.45 bits per heavy atom. The zero-order chi connectivity index (χ0) is 15.5. The maximum Gasteiger partial charge on any atom is 0.247 e. The van der Waals surface area contributed by atoms with Crippen LogP contribution in [0.2, 0.25) is 0 Å². The van der Waals surface area contributed by atoms with Crippen LogP contribution >= 0.6 is 0 Å². The minimum Gasteiger partial charge on any atom is -0.369 e. The Morgan fingerprint density at radius 3 is 3.05 bits per heavy atom. The van der Waals surface area contributed by atoms with Crippen molar-refractivity contribution in [1.29, 1.82) is 0 Å². The quantitative estimate of drug-likeness (QED) is 0.919. The third kappa shape index (κ3) is 2.79. The summed E-state index contributed by atoms with van der Waals surface area (Å²) in [6, 6.07) is 3.52. The molecule has 0 radical (unpaired) electrons. The summed E-state index contributed by atoms with van der Waals surface area (Å²) in [6.45, 7) is 5.94. The Morgan fingerprint density at radius 2 is 2.32 bits per heavy atom. The smallest absolute Gasteiger partial charge is 0.247 e. The molecular weight excluding hydrogens is 280 g/mol. The van der Waals surface area contributed by atoms with Gasteiger partial charge in [0.1, 0.15) is 11.9 Å². The highest BCUT2D eigenvalue weighted by molar-refractivity contribution is 5.80. The highest BCUT2D eigenvalue weighted by Gasteiger charge is 2.26. The molecule has 1 amide bonds. The maximum absolute atomic E-state index is 12.6. The SMILES string of the molecule is CCNc1cc2c(nn1)CCN(C(=O)C(C)n1cccn1)C2. The van der Waals surface area contributed by atoms with Crippen LogP contribution in [0.3, 0.4) is 0 Å². The molecular formula is C15H20N6O. The first-order valence-corrected chi connectivity index (χ1v) is 7.56. The maximum atomic E-state index is 12.6. The molecule has 1 N–H and O–H groups in total. The molecule has 1 unspecified atom stereocenters. The first kappa shape index (κ1) is 14.5. The highest BCUT2D eigenvalue weighted by Crippen LogP contribution is 2.21. The van der Waals surface area contributed by atoms with Crippen LogP contribution in [0.4, 0.5) is 5.82 Å². The molecule has 1 aliphatic rings. The van der Waals surface area contributed by atoms with E-state index in [1.807, 2.05) is 37.1 Å². The Kier molecular flexibility index (Phi) is 4.04. The monoisotopic (exact) mass is 300 g/mol. The number of nitrogens with zero attached hydrogens (tertiary/aromatic N) is 5. The fraction of sp³-hybridized carbons (Fsp3) is 0.467. The molecule has 1 atom stereocenters. The number of rotatable bonds is 4. The Hall–Kier alpha value is -2.44. The second kappa shape index (κ2) is 6.13. The van der Waals surface area contributed by atoms with Crippen molar-refractivity contribution in [3.8, 4) is 0 Å². The summed E-state index contributed by atoms with van der Waals surface area (Å²) in [6.07, 6.45) is 4.25. The van der Waals surface area contributed by atoms with Crippen molar-refractivity contribution >= 4 is 11.7 Å². The van der Waals surface area contributed by atoms with Gasteiger partial charge in [-0.3, -0.25) is 9.48 Å². The van der Waals surface area contributed by atoms with Gasteiger partial charge in [0.2, 0.25) is 5.91 Å². The molecule has 7 heteroatoms. The molecule has 3 heterocycles. The molecule has 116 valence electrons. The topological polar surface area (TPSA) is 75.9 Å². The van der Waals surface area contributed by atoms with Crippen LogP contribution in [0.25, 0.3) is 0 Å². The van der Waals surface area contributed by atoms with Crippen molar-refractivity contribution in [3.05, 3.63) is 35.8 Å². The number of anilines is 1. The summed E-state index contributed by atoms with van der Waals surface area (Å²) in [5.41, 5.74) is 2.05. The van der Waals surface area contributed by atoms with Crippen LogP contribution in [0, 0.1) is 0 Å². The molecule has 1 aliphatic heterocycles. The number of fused-ring (bicyclic) bond motifs is 1. The van der Waals surface area contributed by atoms with Crippen LogP contribution in [0.15, 0.2) is 24.5 Å². The molecule has 2 aromatic rings. The third-order valence-corrected chi connectivity index (χ3v) is 3.89. The number of amides is 1. The molecule has 0 spiro atoms. The molecule has 22 heavy (non-hydrogen) atoms. The van der Waals surface area contributed by atoms with Crippen molar-refractivity contribution in [3.63, 3.8) is 0 Å². The van der Waals surface area contributed by atoms with E-state index >= 15 is 0 Å². The summed E-state index contributed by atoms with van der Waals surface area (Å²) >= 11 is 0. The van der Waals surface area contributed by atoms with E-state index in [1.165, 1.54) is 0 Å². The minimum absolute atomic E-state index is 0.0798. The van der Waals surface area contributed by atoms with Gasteiger partial charge in [0, 0.05) is 38.4 Å². The molecule has 0 saturated heterocycles. The first-order chi connectivity index (χ1) is 10.7. The second-order valence-electron chi connectivity index (χ2n) is 5.40. The van der Waals surface area contributed by atoms with E-state index in [1.54, 1.807) is 10.9 Å². The molecule has 7 nitrogen and oxygen atoms in total. The number of hydrogen-bond donors (Lipinski definition) is 1. The van der Waals surface area contributed by atoms with Crippen molar-refractivity contribution < 1.29 is 4.79 Å². The van der Waals surface area contributed by atoms with Gasteiger partial charge in [-0.2, -0.15) is 10.2 Å². The number of aromatic nitrogens is 4. The molecule has 2 aromatic heterocycles. The zero-order valence-corrected chi connectivity index (χ0v) is 12.9. The van der Waals surface area contributed by atoms with Crippen molar-refractivity contribution in [2.75, 3.05) is 18.4 Å². The summed E-state index contributed by atoms with van der Waals surface area (Å²) in [7, 11) is 0. The molecule has 0 bridgehead atoms. The van der Waals surface area contributed by atoms with E-state index in [9.17, 15) is 4.79 Å². The summed E-state index contributed by atoms with van der Waals surface area (Å²) in [4.78, 5) is 14.5.